The van der Waals surface area contributed by atoms with Crippen molar-refractivity contribution >= 4 is 0 Å². The van der Waals surface area contributed by atoms with Crippen LogP contribution in [-0.4, -0.2) is 12.7 Å². The molecule has 0 rings (SSSR count). The second-order valence-electron chi connectivity index (χ2n) is 3.20. The topological polar surface area (TPSA) is 33.0 Å². The number of nitrogens with zero attached hydrogens (tertiary/aromatic N) is 1. The van der Waals surface area contributed by atoms with Crippen molar-refractivity contribution in [3.05, 3.63) is 0 Å². The largest absolute Gasteiger partial charge is 0.379 e. The summed E-state index contributed by atoms with van der Waals surface area (Å²) in [6, 6.07) is 2.18. The minimum atomic E-state index is -0.158. The monoisotopic (exact) mass is 141 g/mol. The van der Waals surface area contributed by atoms with E-state index in [1.54, 1.807) is 7.11 Å². The summed E-state index contributed by atoms with van der Waals surface area (Å²) in [5.41, 5.74) is -0.158. The molecule has 1 atom stereocenters. The van der Waals surface area contributed by atoms with Gasteiger partial charge >= 0.3 is 0 Å². The molecule has 0 aromatic carbocycles. The van der Waals surface area contributed by atoms with Crippen LogP contribution in [0.3, 0.4) is 0 Å². The van der Waals surface area contributed by atoms with Crippen LogP contribution in [0.2, 0.25) is 0 Å². The third kappa shape index (κ3) is 3.47. The average molecular weight is 141 g/mol. The first-order chi connectivity index (χ1) is 4.52. The van der Waals surface area contributed by atoms with E-state index < -0.39 is 0 Å². The Morgan fingerprint density at radius 1 is 1.60 bits per heavy atom. The van der Waals surface area contributed by atoms with Gasteiger partial charge in [-0.15, -0.1) is 0 Å². The van der Waals surface area contributed by atoms with Crippen LogP contribution in [0, 0.1) is 17.2 Å². The van der Waals surface area contributed by atoms with E-state index in [-0.39, 0.29) is 11.5 Å². The van der Waals surface area contributed by atoms with Gasteiger partial charge in [0.2, 0.25) is 0 Å². The summed E-state index contributed by atoms with van der Waals surface area (Å²) in [4.78, 5) is 0. The zero-order valence-corrected chi connectivity index (χ0v) is 7.14. The van der Waals surface area contributed by atoms with Crippen LogP contribution in [0.1, 0.15) is 27.2 Å². The second kappa shape index (κ2) is 3.58. The fourth-order valence-electron chi connectivity index (χ4n) is 0.866. The van der Waals surface area contributed by atoms with Gasteiger partial charge in [0.25, 0.3) is 0 Å². The second-order valence-corrected chi connectivity index (χ2v) is 3.20. The van der Waals surface area contributed by atoms with E-state index in [9.17, 15) is 0 Å². The van der Waals surface area contributed by atoms with Crippen LogP contribution in [0.4, 0.5) is 0 Å². The van der Waals surface area contributed by atoms with E-state index in [1.165, 1.54) is 0 Å². The van der Waals surface area contributed by atoms with E-state index in [0.29, 0.717) is 0 Å². The van der Waals surface area contributed by atoms with Gasteiger partial charge in [-0.25, -0.2) is 0 Å². The Kier molecular flexibility index (Phi) is 3.38. The molecule has 0 aromatic rings. The smallest absolute Gasteiger partial charge is 0.0653 e. The van der Waals surface area contributed by atoms with Gasteiger partial charge in [-0.3, -0.25) is 0 Å². The maximum atomic E-state index is 8.49. The Hall–Kier alpha value is -0.550. The van der Waals surface area contributed by atoms with Crippen molar-refractivity contribution in [2.45, 2.75) is 32.8 Å². The summed E-state index contributed by atoms with van der Waals surface area (Å²) in [7, 11) is 1.67. The number of methoxy groups -OCH3 is 1. The molecule has 2 nitrogen and oxygen atoms in total. The first-order valence-electron chi connectivity index (χ1n) is 3.46. The van der Waals surface area contributed by atoms with Crippen LogP contribution in [0.5, 0.6) is 0 Å². The van der Waals surface area contributed by atoms with Crippen LogP contribution in [0.15, 0.2) is 0 Å². The van der Waals surface area contributed by atoms with E-state index in [0.717, 1.165) is 6.42 Å². The molecule has 0 aliphatic carbocycles. The van der Waals surface area contributed by atoms with Gasteiger partial charge in [0, 0.05) is 13.0 Å². The molecule has 0 aliphatic rings. The average Bonchev–Trinajstić information content (AvgIpc) is 1.87. The van der Waals surface area contributed by atoms with Gasteiger partial charge in [0.15, 0.2) is 0 Å². The minimum Gasteiger partial charge on any atom is -0.379 e. The van der Waals surface area contributed by atoms with Crippen molar-refractivity contribution in [1.29, 1.82) is 5.26 Å². The highest BCUT2D eigenvalue weighted by atomic mass is 16.5. The van der Waals surface area contributed by atoms with E-state index in [1.807, 2.05) is 20.8 Å². The molecular formula is C8H15NO. The molecule has 0 heterocycles. The Morgan fingerprint density at radius 3 is 2.40 bits per heavy atom. The van der Waals surface area contributed by atoms with Crippen LogP contribution in [-0.2, 0) is 4.74 Å². The molecule has 2 heteroatoms. The maximum Gasteiger partial charge on any atom is 0.0653 e. The molecule has 0 fully saturated rings. The van der Waals surface area contributed by atoms with Gasteiger partial charge in [0.1, 0.15) is 0 Å². The molecule has 58 valence electrons. The van der Waals surface area contributed by atoms with Crippen LogP contribution >= 0.6 is 0 Å². The van der Waals surface area contributed by atoms with Gasteiger partial charge < -0.3 is 4.74 Å². The zero-order chi connectivity index (χ0) is 8.20. The predicted molar refractivity (Wildman–Crippen MR) is 40.5 cm³/mol. The molecule has 0 aromatic heterocycles. The first-order valence-corrected chi connectivity index (χ1v) is 3.46. The number of rotatable bonds is 3. The molecule has 0 bridgehead atoms. The lowest BCUT2D eigenvalue weighted by Crippen LogP contribution is -2.24. The van der Waals surface area contributed by atoms with Crippen molar-refractivity contribution in [1.82, 2.24) is 0 Å². The van der Waals surface area contributed by atoms with Gasteiger partial charge in [0.05, 0.1) is 11.7 Å². The normalized spacial score (nSPS) is 14.3. The van der Waals surface area contributed by atoms with Crippen molar-refractivity contribution in [2.75, 3.05) is 7.11 Å². The van der Waals surface area contributed by atoms with Crippen molar-refractivity contribution in [3.8, 4) is 6.07 Å². The molecule has 0 radical (unpaired) electrons. The SMILES string of the molecule is COC(C)(C)CC(C)C#N. The Labute approximate surface area is 62.8 Å². The van der Waals surface area contributed by atoms with E-state index in [4.69, 9.17) is 10.00 Å². The van der Waals surface area contributed by atoms with Gasteiger partial charge in [-0.2, -0.15) is 5.26 Å². The third-order valence-corrected chi connectivity index (χ3v) is 1.57. The number of nitriles is 1. The molecule has 0 saturated heterocycles. The van der Waals surface area contributed by atoms with E-state index in [2.05, 4.69) is 6.07 Å². The summed E-state index contributed by atoms with van der Waals surface area (Å²) < 4.78 is 5.16. The third-order valence-electron chi connectivity index (χ3n) is 1.57. The molecule has 0 N–H and O–H groups in total. The highest BCUT2D eigenvalue weighted by molar-refractivity contribution is 4.84. The lowest BCUT2D eigenvalue weighted by atomic mass is 9.96. The van der Waals surface area contributed by atoms with Crippen molar-refractivity contribution in [3.63, 3.8) is 0 Å². The summed E-state index contributed by atoms with van der Waals surface area (Å²) in [5.74, 6) is 0.0787. The molecule has 1 unspecified atom stereocenters. The molecule has 0 aliphatic heterocycles. The minimum absolute atomic E-state index is 0.0787. The number of hydrogen-bond donors (Lipinski definition) is 0. The van der Waals surface area contributed by atoms with E-state index >= 15 is 0 Å². The molecular weight excluding hydrogens is 126 g/mol. The molecule has 0 amide bonds. The fraction of sp³-hybridized carbons (Fsp3) is 0.875. The van der Waals surface area contributed by atoms with Crippen LogP contribution in [0.25, 0.3) is 0 Å². The molecule has 10 heavy (non-hydrogen) atoms. The predicted octanol–water partition coefficient (Wildman–Crippen LogP) is 1.96. The quantitative estimate of drug-likeness (QED) is 0.602. The Balaban J connectivity index is 3.79. The molecule has 0 saturated carbocycles. The highest BCUT2D eigenvalue weighted by Crippen LogP contribution is 2.18. The van der Waals surface area contributed by atoms with Crippen molar-refractivity contribution in [2.24, 2.45) is 5.92 Å². The lowest BCUT2D eigenvalue weighted by molar-refractivity contribution is 0.00882. The Morgan fingerprint density at radius 2 is 2.10 bits per heavy atom. The summed E-state index contributed by atoms with van der Waals surface area (Å²) in [5, 5.41) is 8.49. The number of ether oxygens (including phenoxy) is 1. The standard InChI is InChI=1S/C8H15NO/c1-7(6-9)5-8(2,3)10-4/h7H,5H2,1-4H3. The van der Waals surface area contributed by atoms with Gasteiger partial charge in [-0.1, -0.05) is 0 Å². The van der Waals surface area contributed by atoms with Crippen molar-refractivity contribution < 1.29 is 4.74 Å². The maximum absolute atomic E-state index is 8.49. The zero-order valence-electron chi connectivity index (χ0n) is 7.14. The van der Waals surface area contributed by atoms with Crippen LogP contribution < -0.4 is 0 Å². The highest BCUT2D eigenvalue weighted by Gasteiger charge is 2.19. The summed E-state index contributed by atoms with van der Waals surface area (Å²) in [6.45, 7) is 5.88. The lowest BCUT2D eigenvalue weighted by Gasteiger charge is -2.23. The fourth-order valence-corrected chi connectivity index (χ4v) is 0.866. The Bertz CT molecular complexity index is 135. The summed E-state index contributed by atoms with van der Waals surface area (Å²) >= 11 is 0. The summed E-state index contributed by atoms with van der Waals surface area (Å²) in [6.07, 6.45) is 0.792. The molecule has 0 spiro atoms. The first kappa shape index (κ1) is 9.45. The number of hydrogen-bond acceptors (Lipinski definition) is 2. The van der Waals surface area contributed by atoms with Gasteiger partial charge in [-0.05, 0) is 27.2 Å².